The van der Waals surface area contributed by atoms with Gasteiger partial charge < -0.3 is 4.74 Å². The first-order valence-corrected chi connectivity index (χ1v) is 9.67. The summed E-state index contributed by atoms with van der Waals surface area (Å²) in [5.41, 5.74) is 0.202. The van der Waals surface area contributed by atoms with Crippen LogP contribution in [0.1, 0.15) is 15.9 Å². The average molecular weight is 442 g/mol. The lowest BCUT2D eigenvalue weighted by molar-refractivity contribution is -0.137. The predicted octanol–water partition coefficient (Wildman–Crippen LogP) is 5.66. The Labute approximate surface area is 178 Å². The van der Waals surface area contributed by atoms with Crippen LogP contribution in [0.4, 0.5) is 18.3 Å². The van der Waals surface area contributed by atoms with E-state index in [0.29, 0.717) is 28.0 Å². The second-order valence-electron chi connectivity index (χ2n) is 6.24. The normalized spacial score (nSPS) is 11.2. The molecule has 2 heterocycles. The summed E-state index contributed by atoms with van der Waals surface area (Å²) in [5, 5.41) is 3.00. The van der Waals surface area contributed by atoms with Gasteiger partial charge in [0.2, 0.25) is 5.13 Å². The van der Waals surface area contributed by atoms with Crippen LogP contribution in [0.3, 0.4) is 0 Å². The highest BCUT2D eigenvalue weighted by molar-refractivity contribution is 7.10. The van der Waals surface area contributed by atoms with Gasteiger partial charge in [-0.05, 0) is 60.7 Å². The van der Waals surface area contributed by atoms with Crippen molar-refractivity contribution in [2.24, 2.45) is 0 Å². The van der Waals surface area contributed by atoms with Crippen LogP contribution in [0.15, 0.2) is 72.9 Å². The van der Waals surface area contributed by atoms with Gasteiger partial charge in [-0.2, -0.15) is 22.5 Å². The van der Waals surface area contributed by atoms with Gasteiger partial charge in [-0.15, -0.1) is 0 Å². The number of carbonyl (C=O) groups is 1. The summed E-state index contributed by atoms with van der Waals surface area (Å²) < 4.78 is 47.6. The maximum absolute atomic E-state index is 12.6. The zero-order chi connectivity index (χ0) is 21.8. The third-order valence-electron chi connectivity index (χ3n) is 4.07. The number of nitrogens with one attached hydrogen (secondary N) is 1. The van der Waals surface area contributed by atoms with Crippen molar-refractivity contribution >= 4 is 22.6 Å². The Kier molecular flexibility index (Phi) is 5.63. The minimum absolute atomic E-state index is 0.251. The molecule has 0 atom stereocenters. The number of ether oxygens (including phenoxy) is 1. The Morgan fingerprint density at radius 1 is 0.935 bits per heavy atom. The molecule has 0 spiro atoms. The van der Waals surface area contributed by atoms with Gasteiger partial charge in [0, 0.05) is 23.3 Å². The molecule has 156 valence electrons. The van der Waals surface area contributed by atoms with E-state index in [-0.39, 0.29) is 11.7 Å². The molecule has 10 heteroatoms. The third-order valence-corrected chi connectivity index (χ3v) is 4.70. The van der Waals surface area contributed by atoms with E-state index in [1.165, 1.54) is 24.3 Å². The number of amides is 1. The van der Waals surface area contributed by atoms with Gasteiger partial charge in [0.05, 0.1) is 5.56 Å². The minimum Gasteiger partial charge on any atom is -0.457 e. The zero-order valence-corrected chi connectivity index (χ0v) is 16.4. The van der Waals surface area contributed by atoms with E-state index >= 15 is 0 Å². The lowest BCUT2D eigenvalue weighted by atomic mass is 10.2. The molecule has 1 N–H and O–H groups in total. The molecular weight excluding hydrogens is 429 g/mol. The summed E-state index contributed by atoms with van der Waals surface area (Å²) in [7, 11) is 0. The van der Waals surface area contributed by atoms with E-state index in [1.807, 2.05) is 6.07 Å². The van der Waals surface area contributed by atoms with Gasteiger partial charge in [-0.1, -0.05) is 6.07 Å². The van der Waals surface area contributed by atoms with Gasteiger partial charge in [-0.25, -0.2) is 0 Å². The number of rotatable bonds is 5. The molecule has 2 aromatic heterocycles. The fraction of sp³-hybridized carbons (Fsp3) is 0.0476. The standard InChI is InChI=1S/C21H13F3N4O2S/c22-21(23,24)14-6-10-16(11-7-14)30-15-8-4-13(5-9-15)19(29)27-20-26-18(28-31-20)17-3-1-2-12-25-17/h1-12H,(H,26,27,28,29). The smallest absolute Gasteiger partial charge is 0.416 e. The van der Waals surface area contributed by atoms with Crippen LogP contribution in [0.5, 0.6) is 11.5 Å². The highest BCUT2D eigenvalue weighted by atomic mass is 32.1. The van der Waals surface area contributed by atoms with E-state index < -0.39 is 11.7 Å². The highest BCUT2D eigenvalue weighted by Crippen LogP contribution is 2.31. The largest absolute Gasteiger partial charge is 0.457 e. The minimum atomic E-state index is -4.40. The van der Waals surface area contributed by atoms with E-state index in [0.717, 1.165) is 23.7 Å². The zero-order valence-electron chi connectivity index (χ0n) is 15.6. The number of benzene rings is 2. The van der Waals surface area contributed by atoms with E-state index in [1.54, 1.807) is 30.5 Å². The number of aromatic nitrogens is 3. The molecule has 0 aliphatic heterocycles. The predicted molar refractivity (Wildman–Crippen MR) is 109 cm³/mol. The van der Waals surface area contributed by atoms with Gasteiger partial charge in [0.1, 0.15) is 17.2 Å². The molecule has 31 heavy (non-hydrogen) atoms. The number of nitrogens with zero attached hydrogens (tertiary/aromatic N) is 3. The Bertz CT molecular complexity index is 1180. The first-order valence-electron chi connectivity index (χ1n) is 8.90. The van der Waals surface area contributed by atoms with Gasteiger partial charge in [-0.3, -0.25) is 15.1 Å². The number of pyridine rings is 1. The van der Waals surface area contributed by atoms with Crippen molar-refractivity contribution in [2.45, 2.75) is 6.18 Å². The maximum Gasteiger partial charge on any atom is 0.416 e. The van der Waals surface area contributed by atoms with Crippen molar-refractivity contribution in [3.05, 3.63) is 84.1 Å². The summed E-state index contributed by atoms with van der Waals surface area (Å²) in [4.78, 5) is 20.8. The molecule has 0 fully saturated rings. The maximum atomic E-state index is 12.6. The number of hydrogen-bond acceptors (Lipinski definition) is 6. The quantitative estimate of drug-likeness (QED) is 0.431. The molecular formula is C21H13F3N4O2S. The Morgan fingerprint density at radius 2 is 1.61 bits per heavy atom. The van der Waals surface area contributed by atoms with Gasteiger partial charge >= 0.3 is 6.18 Å². The van der Waals surface area contributed by atoms with E-state index in [2.05, 4.69) is 19.7 Å². The van der Waals surface area contributed by atoms with Crippen LogP contribution in [0.25, 0.3) is 11.5 Å². The molecule has 4 aromatic rings. The first kappa shape index (κ1) is 20.5. The molecule has 0 saturated heterocycles. The number of hydrogen-bond donors (Lipinski definition) is 1. The summed E-state index contributed by atoms with van der Waals surface area (Å²) in [6, 6.07) is 15.9. The number of alkyl halides is 3. The van der Waals surface area contributed by atoms with Crippen LogP contribution < -0.4 is 10.1 Å². The van der Waals surface area contributed by atoms with Crippen molar-refractivity contribution in [1.82, 2.24) is 14.3 Å². The van der Waals surface area contributed by atoms with E-state index in [4.69, 9.17) is 4.74 Å². The average Bonchev–Trinajstić information content (AvgIpc) is 3.23. The number of carbonyl (C=O) groups excluding carboxylic acids is 1. The van der Waals surface area contributed by atoms with Crippen molar-refractivity contribution in [3.63, 3.8) is 0 Å². The highest BCUT2D eigenvalue weighted by Gasteiger charge is 2.30. The summed E-state index contributed by atoms with van der Waals surface area (Å²) >= 11 is 1.04. The molecule has 0 aliphatic rings. The van der Waals surface area contributed by atoms with Crippen LogP contribution in [-0.4, -0.2) is 20.2 Å². The molecule has 0 radical (unpaired) electrons. The SMILES string of the molecule is O=C(Nc1nc(-c2ccccn2)ns1)c1ccc(Oc2ccc(C(F)(F)F)cc2)cc1. The fourth-order valence-corrected chi connectivity index (χ4v) is 3.14. The van der Waals surface area contributed by atoms with Crippen LogP contribution in [0, 0.1) is 0 Å². The van der Waals surface area contributed by atoms with Crippen LogP contribution in [0.2, 0.25) is 0 Å². The van der Waals surface area contributed by atoms with Gasteiger partial charge in [0.15, 0.2) is 5.82 Å². The lowest BCUT2D eigenvalue weighted by Gasteiger charge is -2.09. The number of anilines is 1. The van der Waals surface area contributed by atoms with Crippen molar-refractivity contribution in [1.29, 1.82) is 0 Å². The Morgan fingerprint density at radius 3 is 2.23 bits per heavy atom. The molecule has 6 nitrogen and oxygen atoms in total. The second-order valence-corrected chi connectivity index (χ2v) is 6.99. The summed E-state index contributed by atoms with van der Waals surface area (Å²) in [6.07, 6.45) is -2.78. The van der Waals surface area contributed by atoms with Crippen LogP contribution in [-0.2, 0) is 6.18 Å². The van der Waals surface area contributed by atoms with Gasteiger partial charge in [0.25, 0.3) is 5.91 Å². The first-order chi connectivity index (χ1) is 14.9. The van der Waals surface area contributed by atoms with Crippen LogP contribution >= 0.6 is 11.5 Å². The fourth-order valence-electron chi connectivity index (χ4n) is 2.57. The molecule has 2 aromatic carbocycles. The van der Waals surface area contributed by atoms with Crippen molar-refractivity contribution in [3.8, 4) is 23.0 Å². The molecule has 0 unspecified atom stereocenters. The summed E-state index contributed by atoms with van der Waals surface area (Å²) in [6.45, 7) is 0. The third kappa shape index (κ3) is 5.04. The van der Waals surface area contributed by atoms with Crippen molar-refractivity contribution < 1.29 is 22.7 Å². The molecule has 0 saturated carbocycles. The van der Waals surface area contributed by atoms with Crippen molar-refractivity contribution in [2.75, 3.05) is 5.32 Å². The monoisotopic (exact) mass is 442 g/mol. The Balaban J connectivity index is 1.39. The topological polar surface area (TPSA) is 77.0 Å². The van der Waals surface area contributed by atoms with E-state index in [9.17, 15) is 18.0 Å². The number of halogens is 3. The molecule has 0 aliphatic carbocycles. The second kappa shape index (κ2) is 8.52. The Hall–Kier alpha value is -3.79. The summed E-state index contributed by atoms with van der Waals surface area (Å²) in [5.74, 6) is 0.664. The lowest BCUT2D eigenvalue weighted by Crippen LogP contribution is -2.11. The molecule has 0 bridgehead atoms. The molecule has 4 rings (SSSR count). The molecule has 1 amide bonds.